The van der Waals surface area contributed by atoms with Crippen LogP contribution in [0.2, 0.25) is 0 Å². The average Bonchev–Trinajstić information content (AvgIpc) is 2.62. The third-order valence-corrected chi connectivity index (χ3v) is 10.9. The summed E-state index contributed by atoms with van der Waals surface area (Å²) >= 11 is 0. The minimum Gasteiger partial charge on any atom is -0.346 e. The monoisotopic (exact) mass is 450 g/mol. The zero-order chi connectivity index (χ0) is 23.7. The molecule has 1 aromatic rings. The van der Waals surface area contributed by atoms with Crippen LogP contribution in [0.15, 0.2) is 18.2 Å². The molecule has 2 fully saturated rings. The van der Waals surface area contributed by atoms with Gasteiger partial charge >= 0.3 is 0 Å². The van der Waals surface area contributed by atoms with E-state index in [0.29, 0.717) is 0 Å². The van der Waals surface area contributed by atoms with Crippen molar-refractivity contribution in [1.82, 2.24) is 8.97 Å². The third kappa shape index (κ3) is 3.36. The van der Waals surface area contributed by atoms with E-state index < -0.39 is 8.38 Å². The van der Waals surface area contributed by atoms with Crippen molar-refractivity contribution in [3.63, 3.8) is 0 Å². The maximum Gasteiger partial charge on any atom is 0.207 e. The van der Waals surface area contributed by atoms with Crippen LogP contribution in [0.5, 0.6) is 0 Å². The van der Waals surface area contributed by atoms with Crippen molar-refractivity contribution in [3.8, 4) is 0 Å². The van der Waals surface area contributed by atoms with Gasteiger partial charge in [-0.15, -0.1) is 0 Å². The van der Waals surface area contributed by atoms with Gasteiger partial charge in [0.25, 0.3) is 0 Å². The SMILES string of the molecule is CC1(C)CCCC(C)(C)[N+]1(C)c1cccc(P(O)O)c1[N+]1(C)C(C)(C)CCCC1(C)C. The normalized spacial score (nSPS) is 27.8. The number of likely N-dealkylation sites (tertiary alicyclic amines) is 2. The summed E-state index contributed by atoms with van der Waals surface area (Å²) in [6.07, 6.45) is 7.04. The van der Waals surface area contributed by atoms with Crippen LogP contribution in [0.25, 0.3) is 0 Å². The van der Waals surface area contributed by atoms with Crippen molar-refractivity contribution in [3.05, 3.63) is 18.2 Å². The molecule has 2 saturated heterocycles. The van der Waals surface area contributed by atoms with Crippen LogP contribution in [-0.2, 0) is 0 Å². The Labute approximate surface area is 192 Å². The molecule has 2 aliphatic rings. The Kier molecular flexibility index (Phi) is 6.08. The van der Waals surface area contributed by atoms with Crippen molar-refractivity contribution < 1.29 is 9.79 Å². The smallest absolute Gasteiger partial charge is 0.207 e. The summed E-state index contributed by atoms with van der Waals surface area (Å²) in [5, 5.41) is 0.731. The fraction of sp³-hybridized carbons (Fsp3) is 0.769. The fourth-order valence-corrected chi connectivity index (χ4v) is 7.92. The number of rotatable bonds is 3. The lowest BCUT2D eigenvalue weighted by Gasteiger charge is -2.63. The van der Waals surface area contributed by atoms with Crippen LogP contribution in [0, 0.1) is 0 Å². The molecule has 0 spiro atoms. The average molecular weight is 451 g/mol. The molecule has 3 rings (SSSR count). The summed E-state index contributed by atoms with van der Waals surface area (Å²) in [7, 11) is 2.55. The molecule has 0 unspecified atom stereocenters. The zero-order valence-electron chi connectivity index (χ0n) is 21.7. The fourth-order valence-electron chi connectivity index (χ4n) is 7.20. The van der Waals surface area contributed by atoms with Gasteiger partial charge in [0, 0.05) is 31.7 Å². The minimum atomic E-state index is -2.20. The molecule has 0 atom stereocenters. The maximum atomic E-state index is 10.7. The van der Waals surface area contributed by atoms with Crippen molar-refractivity contribution in [2.45, 2.75) is 116 Å². The van der Waals surface area contributed by atoms with E-state index in [1.807, 2.05) is 6.07 Å². The Hall–Kier alpha value is -0.510. The molecule has 0 aromatic heterocycles. The second kappa shape index (κ2) is 7.50. The Bertz CT molecular complexity index is 810. The number of hydrogen-bond acceptors (Lipinski definition) is 2. The zero-order valence-corrected chi connectivity index (χ0v) is 22.6. The lowest BCUT2D eigenvalue weighted by molar-refractivity contribution is -0.0124. The highest BCUT2D eigenvalue weighted by atomic mass is 31.2. The molecule has 2 heterocycles. The summed E-state index contributed by atoms with van der Waals surface area (Å²) in [6, 6.07) is 6.30. The molecule has 5 heteroatoms. The van der Waals surface area contributed by atoms with Gasteiger partial charge in [-0.05, 0) is 74.3 Å². The van der Waals surface area contributed by atoms with E-state index >= 15 is 0 Å². The van der Waals surface area contributed by atoms with E-state index in [1.54, 1.807) is 0 Å². The first kappa shape index (κ1) is 25.1. The van der Waals surface area contributed by atoms with Gasteiger partial charge in [0.15, 0.2) is 5.69 Å². The third-order valence-electron chi connectivity index (χ3n) is 10.1. The van der Waals surface area contributed by atoms with Gasteiger partial charge in [0.2, 0.25) is 14.1 Å². The van der Waals surface area contributed by atoms with E-state index in [1.165, 1.54) is 31.4 Å². The number of hydrogen-bond donors (Lipinski definition) is 2. The van der Waals surface area contributed by atoms with Crippen LogP contribution < -0.4 is 14.3 Å². The quantitative estimate of drug-likeness (QED) is 0.440. The lowest BCUT2D eigenvalue weighted by Crippen LogP contribution is -2.76. The Morgan fingerprint density at radius 2 is 1.06 bits per heavy atom. The van der Waals surface area contributed by atoms with Crippen LogP contribution in [0.1, 0.15) is 93.9 Å². The summed E-state index contributed by atoms with van der Waals surface area (Å²) in [5.41, 5.74) is 2.49. The van der Waals surface area contributed by atoms with Crippen LogP contribution in [-0.4, -0.2) is 46.0 Å². The second-order valence-corrected chi connectivity index (χ2v) is 14.0. The van der Waals surface area contributed by atoms with E-state index in [4.69, 9.17) is 0 Å². The van der Waals surface area contributed by atoms with Gasteiger partial charge in [-0.2, -0.15) is 0 Å². The number of quaternary nitrogens is 2. The number of benzene rings is 1. The molecule has 1 aromatic carbocycles. The first-order chi connectivity index (χ1) is 14.0. The highest BCUT2D eigenvalue weighted by Crippen LogP contribution is 2.57. The van der Waals surface area contributed by atoms with E-state index in [0.717, 1.165) is 32.8 Å². The predicted molar refractivity (Wildman–Crippen MR) is 137 cm³/mol. The van der Waals surface area contributed by atoms with E-state index in [2.05, 4.69) is 81.6 Å². The topological polar surface area (TPSA) is 40.5 Å². The van der Waals surface area contributed by atoms with Crippen LogP contribution >= 0.6 is 8.38 Å². The van der Waals surface area contributed by atoms with Crippen molar-refractivity contribution >= 4 is 25.1 Å². The molecule has 0 saturated carbocycles. The molecular formula is C26H47N2O2P+2. The molecule has 0 aliphatic carbocycles. The highest BCUT2D eigenvalue weighted by Gasteiger charge is 2.62. The highest BCUT2D eigenvalue weighted by molar-refractivity contribution is 7.54. The number of para-hydroxylation sites is 1. The van der Waals surface area contributed by atoms with Crippen molar-refractivity contribution in [1.29, 1.82) is 0 Å². The summed E-state index contributed by atoms with van der Waals surface area (Å²) in [4.78, 5) is 21.3. The van der Waals surface area contributed by atoms with Crippen molar-refractivity contribution in [2.24, 2.45) is 0 Å². The second-order valence-electron chi connectivity index (χ2n) is 12.9. The van der Waals surface area contributed by atoms with Gasteiger partial charge in [-0.3, -0.25) is 8.97 Å². The molecule has 2 N–H and O–H groups in total. The standard InChI is InChI=1S/C26H47N2O2P/c1-23(2)16-12-17-24(3,4)27(23,9)20-14-11-15-21(31(29)30)22(20)28(10)25(5,6)18-13-19-26(28,7)8/h11,14-15,29-30H,12-13,16-19H2,1-10H3/q+2. The predicted octanol–water partition coefficient (Wildman–Crippen LogP) is 5.96. The Morgan fingerprint density at radius 3 is 1.45 bits per heavy atom. The molecule has 0 radical (unpaired) electrons. The van der Waals surface area contributed by atoms with Gasteiger partial charge < -0.3 is 9.79 Å². The Morgan fingerprint density at radius 1 is 0.677 bits per heavy atom. The van der Waals surface area contributed by atoms with Gasteiger partial charge in [-0.25, -0.2) is 0 Å². The largest absolute Gasteiger partial charge is 0.346 e. The molecule has 0 bridgehead atoms. The molecule has 176 valence electrons. The van der Waals surface area contributed by atoms with Crippen LogP contribution in [0.3, 0.4) is 0 Å². The molecule has 2 aliphatic heterocycles. The van der Waals surface area contributed by atoms with E-state index in [9.17, 15) is 9.79 Å². The molecule has 4 nitrogen and oxygen atoms in total. The number of nitrogens with zero attached hydrogens (tertiary/aromatic N) is 2. The first-order valence-electron chi connectivity index (χ1n) is 12.0. The molecular weight excluding hydrogens is 403 g/mol. The summed E-state index contributed by atoms with van der Waals surface area (Å²) in [5.74, 6) is 0. The van der Waals surface area contributed by atoms with Gasteiger partial charge in [-0.1, -0.05) is 6.07 Å². The summed E-state index contributed by atoms with van der Waals surface area (Å²) in [6.45, 7) is 19.1. The molecule has 31 heavy (non-hydrogen) atoms. The Balaban J connectivity index is 2.47. The van der Waals surface area contributed by atoms with Crippen LogP contribution in [0.4, 0.5) is 11.4 Å². The first-order valence-corrected chi connectivity index (χ1v) is 13.3. The lowest BCUT2D eigenvalue weighted by atomic mass is 9.73. The molecule has 0 amide bonds. The van der Waals surface area contributed by atoms with Gasteiger partial charge in [0.1, 0.15) is 0 Å². The van der Waals surface area contributed by atoms with Gasteiger partial charge in [0.05, 0.1) is 41.6 Å². The number of piperidine rings is 2. The van der Waals surface area contributed by atoms with Crippen molar-refractivity contribution in [2.75, 3.05) is 14.1 Å². The minimum absolute atomic E-state index is 0.0127. The van der Waals surface area contributed by atoms with E-state index in [-0.39, 0.29) is 22.2 Å². The summed E-state index contributed by atoms with van der Waals surface area (Å²) < 4.78 is 1.54. The maximum absolute atomic E-state index is 10.7.